The second-order valence-corrected chi connectivity index (χ2v) is 9.24. The summed E-state index contributed by atoms with van der Waals surface area (Å²) < 4.78 is 0. The highest BCUT2D eigenvalue weighted by Crippen LogP contribution is 2.41. The van der Waals surface area contributed by atoms with Crippen LogP contribution in [0.4, 0.5) is 22.7 Å². The first-order valence-corrected chi connectivity index (χ1v) is 12.7. The van der Waals surface area contributed by atoms with Gasteiger partial charge in [0, 0.05) is 22.1 Å². The van der Waals surface area contributed by atoms with E-state index in [1.165, 1.54) is 5.56 Å². The van der Waals surface area contributed by atoms with Crippen LogP contribution >= 0.6 is 0 Å². The maximum absolute atomic E-state index is 9.73. The highest BCUT2D eigenvalue weighted by atomic mass is 15.1. The van der Waals surface area contributed by atoms with Crippen molar-refractivity contribution >= 4 is 33.5 Å². The molecule has 0 fully saturated rings. The zero-order valence-corrected chi connectivity index (χ0v) is 21.1. The molecule has 0 aromatic heterocycles. The standard InChI is InChI=1S/C36H23N3/c1-38-31-18-11-27(12-19-31)29-15-22-33(23-16-29)39(32-20-13-28(14-21-32)26-7-3-2-4-8-26)36-24-17-30(25-37)34-9-5-6-10-35(34)36/h2-24H. The summed E-state index contributed by atoms with van der Waals surface area (Å²) in [7, 11) is 0. The summed E-state index contributed by atoms with van der Waals surface area (Å²) in [4.78, 5) is 5.74. The molecule has 3 heteroatoms. The molecule has 0 spiro atoms. The molecule has 0 saturated carbocycles. The summed E-state index contributed by atoms with van der Waals surface area (Å²) in [5, 5.41) is 11.7. The maximum Gasteiger partial charge on any atom is 0.187 e. The second-order valence-electron chi connectivity index (χ2n) is 9.24. The van der Waals surface area contributed by atoms with E-state index in [9.17, 15) is 5.26 Å². The largest absolute Gasteiger partial charge is 0.310 e. The monoisotopic (exact) mass is 497 g/mol. The van der Waals surface area contributed by atoms with Crippen molar-refractivity contribution < 1.29 is 0 Å². The third-order valence-electron chi connectivity index (χ3n) is 6.95. The second kappa shape index (κ2) is 10.4. The van der Waals surface area contributed by atoms with Gasteiger partial charge in [-0.05, 0) is 58.7 Å². The molecule has 6 rings (SSSR count). The van der Waals surface area contributed by atoms with Gasteiger partial charge in [-0.2, -0.15) is 5.26 Å². The molecular formula is C36H23N3. The molecule has 182 valence electrons. The van der Waals surface area contributed by atoms with Crippen molar-refractivity contribution in [1.29, 1.82) is 5.26 Å². The summed E-state index contributed by atoms with van der Waals surface area (Å²) in [5.41, 5.74) is 8.81. The van der Waals surface area contributed by atoms with Gasteiger partial charge in [-0.3, -0.25) is 0 Å². The lowest BCUT2D eigenvalue weighted by Crippen LogP contribution is -2.10. The number of hydrogen-bond donors (Lipinski definition) is 0. The Kier molecular flexibility index (Phi) is 6.32. The normalized spacial score (nSPS) is 10.5. The topological polar surface area (TPSA) is 31.4 Å². The highest BCUT2D eigenvalue weighted by molar-refractivity contribution is 6.01. The predicted octanol–water partition coefficient (Wildman–Crippen LogP) is 10.1. The quantitative estimate of drug-likeness (QED) is 0.222. The van der Waals surface area contributed by atoms with Gasteiger partial charge in [-0.25, -0.2) is 4.85 Å². The van der Waals surface area contributed by atoms with Gasteiger partial charge in [0.15, 0.2) is 5.69 Å². The molecule has 0 heterocycles. The minimum Gasteiger partial charge on any atom is -0.310 e. The van der Waals surface area contributed by atoms with Gasteiger partial charge in [-0.1, -0.05) is 103 Å². The van der Waals surface area contributed by atoms with E-state index < -0.39 is 0 Å². The minimum atomic E-state index is 0.633. The predicted molar refractivity (Wildman–Crippen MR) is 160 cm³/mol. The molecule has 39 heavy (non-hydrogen) atoms. The zero-order chi connectivity index (χ0) is 26.6. The van der Waals surface area contributed by atoms with Crippen LogP contribution in [-0.2, 0) is 0 Å². The van der Waals surface area contributed by atoms with Gasteiger partial charge in [-0.15, -0.1) is 0 Å². The van der Waals surface area contributed by atoms with Crippen molar-refractivity contribution in [1.82, 2.24) is 0 Å². The molecule has 3 nitrogen and oxygen atoms in total. The molecule has 0 saturated heterocycles. The van der Waals surface area contributed by atoms with Crippen molar-refractivity contribution in [3.05, 3.63) is 157 Å². The SMILES string of the molecule is [C-]#[N+]c1ccc(-c2ccc(N(c3ccc(-c4ccccc4)cc3)c3ccc(C#N)c4ccccc34)cc2)cc1. The molecule has 0 aliphatic heterocycles. The van der Waals surface area contributed by atoms with Crippen LogP contribution in [0.5, 0.6) is 0 Å². The van der Waals surface area contributed by atoms with Gasteiger partial charge in [0.05, 0.1) is 23.9 Å². The number of benzene rings is 6. The Labute approximate surface area is 228 Å². The Hall–Kier alpha value is -5.64. The smallest absolute Gasteiger partial charge is 0.187 e. The molecule has 0 N–H and O–H groups in total. The van der Waals surface area contributed by atoms with Crippen molar-refractivity contribution in [2.24, 2.45) is 0 Å². The van der Waals surface area contributed by atoms with Gasteiger partial charge in [0.25, 0.3) is 0 Å². The summed E-state index contributed by atoms with van der Waals surface area (Å²) in [6, 6.07) is 49.4. The van der Waals surface area contributed by atoms with Crippen LogP contribution in [0.25, 0.3) is 37.9 Å². The van der Waals surface area contributed by atoms with Crippen molar-refractivity contribution in [3.8, 4) is 28.3 Å². The third kappa shape index (κ3) is 4.62. The fraction of sp³-hybridized carbons (Fsp3) is 0. The molecule has 0 aliphatic rings. The first-order chi connectivity index (χ1) is 19.2. The summed E-state index contributed by atoms with van der Waals surface area (Å²) in [6.45, 7) is 7.20. The first-order valence-electron chi connectivity index (χ1n) is 12.7. The molecule has 0 atom stereocenters. The number of rotatable bonds is 5. The number of fused-ring (bicyclic) bond motifs is 1. The highest BCUT2D eigenvalue weighted by Gasteiger charge is 2.17. The summed E-state index contributed by atoms with van der Waals surface area (Å²) in [6.07, 6.45) is 0. The van der Waals surface area contributed by atoms with Crippen LogP contribution in [0.2, 0.25) is 0 Å². The maximum atomic E-state index is 9.73. The average molecular weight is 498 g/mol. The van der Waals surface area contributed by atoms with Gasteiger partial charge < -0.3 is 4.90 Å². The Bertz CT molecular complexity index is 1840. The van der Waals surface area contributed by atoms with Crippen molar-refractivity contribution in [2.45, 2.75) is 0 Å². The van der Waals surface area contributed by atoms with Crippen LogP contribution in [0.15, 0.2) is 140 Å². The van der Waals surface area contributed by atoms with E-state index in [2.05, 4.69) is 94.7 Å². The Morgan fingerprint density at radius 1 is 0.513 bits per heavy atom. The van der Waals surface area contributed by atoms with Crippen LogP contribution in [0.1, 0.15) is 5.56 Å². The first kappa shape index (κ1) is 23.7. The van der Waals surface area contributed by atoms with E-state index in [1.807, 2.05) is 60.7 Å². The lowest BCUT2D eigenvalue weighted by atomic mass is 10.0. The summed E-state index contributed by atoms with van der Waals surface area (Å²) in [5.74, 6) is 0. The number of hydrogen-bond acceptors (Lipinski definition) is 2. The molecular weight excluding hydrogens is 474 g/mol. The van der Waals surface area contributed by atoms with E-state index >= 15 is 0 Å². The van der Waals surface area contributed by atoms with Crippen LogP contribution in [-0.4, -0.2) is 0 Å². The molecule has 0 unspecified atom stereocenters. The van der Waals surface area contributed by atoms with E-state index in [-0.39, 0.29) is 0 Å². The number of nitrogens with zero attached hydrogens (tertiary/aromatic N) is 3. The number of anilines is 3. The third-order valence-corrected chi connectivity index (χ3v) is 6.95. The van der Waals surface area contributed by atoms with Crippen LogP contribution < -0.4 is 4.90 Å². The van der Waals surface area contributed by atoms with Crippen LogP contribution in [0.3, 0.4) is 0 Å². The molecule has 0 bridgehead atoms. The van der Waals surface area contributed by atoms with E-state index in [1.54, 1.807) is 0 Å². The fourth-order valence-electron chi connectivity index (χ4n) is 4.97. The fourth-order valence-corrected chi connectivity index (χ4v) is 4.97. The van der Waals surface area contributed by atoms with Crippen molar-refractivity contribution in [2.75, 3.05) is 4.90 Å². The van der Waals surface area contributed by atoms with Gasteiger partial charge in [0.2, 0.25) is 0 Å². The lowest BCUT2D eigenvalue weighted by Gasteiger charge is -2.27. The molecule has 6 aromatic rings. The zero-order valence-electron chi connectivity index (χ0n) is 21.1. The molecule has 6 aromatic carbocycles. The number of nitriles is 1. The Balaban J connectivity index is 1.47. The van der Waals surface area contributed by atoms with E-state index in [0.717, 1.165) is 44.5 Å². The van der Waals surface area contributed by atoms with E-state index in [0.29, 0.717) is 11.3 Å². The lowest BCUT2D eigenvalue weighted by molar-refractivity contribution is 1.30. The van der Waals surface area contributed by atoms with Gasteiger partial charge >= 0.3 is 0 Å². The van der Waals surface area contributed by atoms with Gasteiger partial charge in [0.1, 0.15) is 0 Å². The molecule has 0 radical (unpaired) electrons. The van der Waals surface area contributed by atoms with E-state index in [4.69, 9.17) is 6.57 Å². The molecule has 0 amide bonds. The summed E-state index contributed by atoms with van der Waals surface area (Å²) >= 11 is 0. The van der Waals surface area contributed by atoms with Crippen molar-refractivity contribution in [3.63, 3.8) is 0 Å². The Morgan fingerprint density at radius 3 is 1.54 bits per heavy atom. The molecule has 0 aliphatic carbocycles. The minimum absolute atomic E-state index is 0.633. The van der Waals surface area contributed by atoms with Crippen LogP contribution in [0, 0.1) is 17.9 Å². The average Bonchev–Trinajstić information content (AvgIpc) is 3.02. The Morgan fingerprint density at radius 2 is 1.00 bits per heavy atom.